The molecule has 1 aliphatic rings. The highest BCUT2D eigenvalue weighted by Crippen LogP contribution is 2.36. The fourth-order valence-corrected chi connectivity index (χ4v) is 3.26. The molecule has 0 fully saturated rings. The molecule has 0 aliphatic carbocycles. The number of ether oxygens (including phenoxy) is 2. The molecular formula is C21H20F2N2O4. The van der Waals surface area contributed by atoms with Gasteiger partial charge in [0.15, 0.2) is 0 Å². The molecule has 2 amide bonds. The van der Waals surface area contributed by atoms with Crippen LogP contribution in [-0.4, -0.2) is 25.7 Å². The lowest BCUT2D eigenvalue weighted by Crippen LogP contribution is -2.48. The number of methoxy groups -OCH3 is 1. The molecule has 152 valence electrons. The van der Waals surface area contributed by atoms with E-state index >= 15 is 0 Å². The Balaban J connectivity index is 2.16. The van der Waals surface area contributed by atoms with E-state index in [2.05, 4.69) is 5.32 Å². The maximum Gasteiger partial charge on any atom is 0.338 e. The lowest BCUT2D eigenvalue weighted by molar-refractivity contribution is -0.139. The number of carbonyl (C=O) groups excluding carboxylic acids is 2. The van der Waals surface area contributed by atoms with Crippen LogP contribution in [-0.2, 0) is 9.53 Å². The Morgan fingerprint density at radius 2 is 1.76 bits per heavy atom. The maximum absolute atomic E-state index is 14.4. The Hall–Kier alpha value is -3.42. The van der Waals surface area contributed by atoms with Gasteiger partial charge in [-0.3, -0.25) is 4.90 Å². The highest BCUT2D eigenvalue weighted by Gasteiger charge is 2.39. The molecule has 6 nitrogen and oxygen atoms in total. The minimum Gasteiger partial charge on any atom is -0.497 e. The monoisotopic (exact) mass is 402 g/mol. The van der Waals surface area contributed by atoms with Crippen molar-refractivity contribution in [2.45, 2.75) is 19.9 Å². The Labute approximate surface area is 166 Å². The standard InChI is InChI=1S/C21H20F2N2O4/c1-4-29-20(26)17-12(2)25(13-8-10-14(28-3)11-9-13)21(27)24-19(17)18-15(22)6-5-7-16(18)23/h5-11,19H,4H2,1-3H3,(H,24,27)/t19-/m0/s1. The smallest absolute Gasteiger partial charge is 0.338 e. The van der Waals surface area contributed by atoms with E-state index in [1.54, 1.807) is 31.2 Å². The normalized spacial score (nSPS) is 16.5. The van der Waals surface area contributed by atoms with E-state index in [1.807, 2.05) is 0 Å². The van der Waals surface area contributed by atoms with Gasteiger partial charge in [0.1, 0.15) is 17.4 Å². The summed E-state index contributed by atoms with van der Waals surface area (Å²) in [5.41, 5.74) is 0.198. The van der Waals surface area contributed by atoms with Crippen LogP contribution in [0.4, 0.5) is 19.3 Å². The van der Waals surface area contributed by atoms with E-state index in [4.69, 9.17) is 9.47 Å². The third-order valence-corrected chi connectivity index (χ3v) is 4.60. The Kier molecular flexibility index (Phi) is 5.81. The van der Waals surface area contributed by atoms with Gasteiger partial charge in [-0.15, -0.1) is 0 Å². The number of hydrogen-bond acceptors (Lipinski definition) is 4. The van der Waals surface area contributed by atoms with Crippen molar-refractivity contribution in [1.29, 1.82) is 0 Å². The van der Waals surface area contributed by atoms with Crippen LogP contribution in [0.2, 0.25) is 0 Å². The number of nitrogens with one attached hydrogen (secondary N) is 1. The number of urea groups is 1. The Bertz CT molecular complexity index is 953. The fraction of sp³-hybridized carbons (Fsp3) is 0.238. The van der Waals surface area contributed by atoms with Crippen molar-refractivity contribution < 1.29 is 27.8 Å². The molecule has 2 aromatic rings. The summed E-state index contributed by atoms with van der Waals surface area (Å²) in [6, 6.07) is 7.97. The first kappa shape index (κ1) is 20.3. The van der Waals surface area contributed by atoms with E-state index in [-0.39, 0.29) is 17.9 Å². The molecule has 29 heavy (non-hydrogen) atoms. The average Bonchev–Trinajstić information content (AvgIpc) is 2.68. The molecule has 0 bridgehead atoms. The minimum atomic E-state index is -1.32. The van der Waals surface area contributed by atoms with Crippen LogP contribution in [0, 0.1) is 11.6 Å². The molecule has 0 unspecified atom stereocenters. The summed E-state index contributed by atoms with van der Waals surface area (Å²) < 4.78 is 39.1. The molecule has 3 rings (SSSR count). The fourth-order valence-electron chi connectivity index (χ4n) is 3.26. The third kappa shape index (κ3) is 3.78. The summed E-state index contributed by atoms with van der Waals surface area (Å²) in [7, 11) is 1.51. The molecule has 8 heteroatoms. The highest BCUT2D eigenvalue weighted by molar-refractivity contribution is 6.03. The van der Waals surface area contributed by atoms with Gasteiger partial charge in [-0.25, -0.2) is 18.4 Å². The van der Waals surface area contributed by atoms with Crippen molar-refractivity contribution in [2.75, 3.05) is 18.6 Å². The van der Waals surface area contributed by atoms with E-state index in [0.717, 1.165) is 12.1 Å². The molecule has 1 aliphatic heterocycles. The second kappa shape index (κ2) is 8.30. The van der Waals surface area contributed by atoms with Crippen molar-refractivity contribution in [1.82, 2.24) is 5.32 Å². The van der Waals surface area contributed by atoms with Gasteiger partial charge in [0.2, 0.25) is 0 Å². The number of halogens is 2. The van der Waals surface area contributed by atoms with Gasteiger partial charge < -0.3 is 14.8 Å². The van der Waals surface area contributed by atoms with Crippen LogP contribution in [0.3, 0.4) is 0 Å². The zero-order chi connectivity index (χ0) is 21.1. The number of carbonyl (C=O) groups is 2. The van der Waals surface area contributed by atoms with Crippen molar-refractivity contribution in [3.05, 3.63) is 70.9 Å². The number of hydrogen-bond donors (Lipinski definition) is 1. The summed E-state index contributed by atoms with van der Waals surface area (Å²) in [6.07, 6.45) is 0. The summed E-state index contributed by atoms with van der Waals surface area (Å²) in [6.45, 7) is 3.22. The van der Waals surface area contributed by atoms with Crippen LogP contribution in [0.1, 0.15) is 25.5 Å². The van der Waals surface area contributed by atoms with Crippen molar-refractivity contribution in [2.24, 2.45) is 0 Å². The predicted molar refractivity (Wildman–Crippen MR) is 102 cm³/mol. The van der Waals surface area contributed by atoms with E-state index < -0.39 is 35.2 Å². The molecule has 1 heterocycles. The summed E-state index contributed by atoms with van der Waals surface area (Å²) >= 11 is 0. The second-order valence-electron chi connectivity index (χ2n) is 6.27. The zero-order valence-electron chi connectivity index (χ0n) is 16.2. The first-order chi connectivity index (χ1) is 13.9. The van der Waals surface area contributed by atoms with E-state index in [1.165, 1.54) is 25.0 Å². The van der Waals surface area contributed by atoms with Crippen molar-refractivity contribution in [3.63, 3.8) is 0 Å². The summed E-state index contributed by atoms with van der Waals surface area (Å²) in [4.78, 5) is 26.8. The number of amides is 2. The van der Waals surface area contributed by atoms with Crippen LogP contribution in [0.5, 0.6) is 5.75 Å². The van der Waals surface area contributed by atoms with Gasteiger partial charge >= 0.3 is 12.0 Å². The number of benzene rings is 2. The lowest BCUT2D eigenvalue weighted by atomic mass is 9.93. The maximum atomic E-state index is 14.4. The minimum absolute atomic E-state index is 0.0498. The molecule has 1 N–H and O–H groups in total. The average molecular weight is 402 g/mol. The van der Waals surface area contributed by atoms with Crippen LogP contribution < -0.4 is 15.0 Å². The highest BCUT2D eigenvalue weighted by atomic mass is 19.1. The lowest BCUT2D eigenvalue weighted by Gasteiger charge is -2.35. The van der Waals surface area contributed by atoms with Gasteiger partial charge in [-0.1, -0.05) is 6.07 Å². The van der Waals surface area contributed by atoms with E-state index in [0.29, 0.717) is 11.4 Å². The second-order valence-corrected chi connectivity index (χ2v) is 6.27. The number of allylic oxidation sites excluding steroid dienone is 1. The topological polar surface area (TPSA) is 67.9 Å². The number of anilines is 1. The van der Waals surface area contributed by atoms with Crippen molar-refractivity contribution >= 4 is 17.7 Å². The molecule has 2 aromatic carbocycles. The van der Waals surface area contributed by atoms with Gasteiger partial charge in [-0.2, -0.15) is 0 Å². The third-order valence-electron chi connectivity index (χ3n) is 4.60. The largest absolute Gasteiger partial charge is 0.497 e. The summed E-state index contributed by atoms with van der Waals surface area (Å²) in [5.74, 6) is -1.92. The van der Waals surface area contributed by atoms with E-state index in [9.17, 15) is 18.4 Å². The molecule has 1 atom stereocenters. The zero-order valence-corrected chi connectivity index (χ0v) is 16.2. The molecule has 0 radical (unpaired) electrons. The molecule has 0 saturated carbocycles. The van der Waals surface area contributed by atoms with Crippen LogP contribution in [0.15, 0.2) is 53.7 Å². The van der Waals surface area contributed by atoms with Gasteiger partial charge in [0.25, 0.3) is 0 Å². The Morgan fingerprint density at radius 3 is 2.31 bits per heavy atom. The molecular weight excluding hydrogens is 382 g/mol. The number of rotatable bonds is 5. The molecule has 0 saturated heterocycles. The molecule has 0 spiro atoms. The van der Waals surface area contributed by atoms with Gasteiger partial charge in [0, 0.05) is 5.70 Å². The summed E-state index contributed by atoms with van der Waals surface area (Å²) in [5, 5.41) is 2.53. The quantitative estimate of drug-likeness (QED) is 0.766. The van der Waals surface area contributed by atoms with Gasteiger partial charge in [0.05, 0.1) is 36.6 Å². The van der Waals surface area contributed by atoms with Gasteiger partial charge in [-0.05, 0) is 50.2 Å². The SMILES string of the molecule is CCOC(=O)C1=C(C)N(c2ccc(OC)cc2)C(=O)N[C@@H]1c1c(F)cccc1F. The Morgan fingerprint density at radius 1 is 1.14 bits per heavy atom. The number of esters is 1. The van der Waals surface area contributed by atoms with Crippen LogP contribution in [0.25, 0.3) is 0 Å². The molecule has 0 aromatic heterocycles. The predicted octanol–water partition coefficient (Wildman–Crippen LogP) is 4.08. The first-order valence-corrected chi connectivity index (χ1v) is 8.95. The number of nitrogens with zero attached hydrogens (tertiary/aromatic N) is 1. The first-order valence-electron chi connectivity index (χ1n) is 8.95. The van der Waals surface area contributed by atoms with Crippen LogP contribution >= 0.6 is 0 Å². The van der Waals surface area contributed by atoms with Crippen molar-refractivity contribution in [3.8, 4) is 5.75 Å².